The number of amides is 1. The smallest absolute Gasteiger partial charge is 0.273 e. The predicted octanol–water partition coefficient (Wildman–Crippen LogP) is 5.55. The number of aryl methyl sites for hydroxylation is 1. The number of ether oxygens (including phenoxy) is 2. The third-order valence-electron chi connectivity index (χ3n) is 6.61. The number of phenolic OH excluding ortho intramolecular Hbond substituents is 1. The molecular weight excluding hydrogens is 478 g/mol. The highest BCUT2D eigenvalue weighted by Gasteiger charge is 2.42. The van der Waals surface area contributed by atoms with E-state index in [4.69, 9.17) is 21.1 Å². The lowest BCUT2D eigenvalue weighted by Crippen LogP contribution is -2.31. The second-order valence-corrected chi connectivity index (χ2v) is 9.16. The Bertz CT molecular complexity index is 1430. The molecule has 7 nitrogen and oxygen atoms in total. The molecule has 2 heterocycles. The number of methoxy groups -OCH3 is 2. The van der Waals surface area contributed by atoms with Gasteiger partial charge in [0.25, 0.3) is 5.91 Å². The quantitative estimate of drug-likeness (QED) is 0.345. The van der Waals surface area contributed by atoms with Crippen molar-refractivity contribution in [1.29, 1.82) is 0 Å². The molecule has 3 aromatic carbocycles. The Morgan fingerprint density at radius 3 is 2.53 bits per heavy atom. The third-order valence-corrected chi connectivity index (χ3v) is 7.01. The van der Waals surface area contributed by atoms with Crippen LogP contribution in [0.25, 0.3) is 11.3 Å². The summed E-state index contributed by atoms with van der Waals surface area (Å²) in [5.74, 6) is 1.38. The Morgan fingerprint density at radius 1 is 1.06 bits per heavy atom. The van der Waals surface area contributed by atoms with E-state index in [0.717, 1.165) is 22.4 Å². The summed E-state index contributed by atoms with van der Waals surface area (Å²) in [6.07, 6.45) is 0.658. The molecule has 0 bridgehead atoms. The monoisotopic (exact) mass is 503 g/mol. The van der Waals surface area contributed by atoms with E-state index in [1.165, 1.54) is 0 Å². The van der Waals surface area contributed by atoms with E-state index >= 15 is 0 Å². The molecule has 1 aromatic heterocycles. The maximum atomic E-state index is 13.6. The zero-order valence-corrected chi connectivity index (χ0v) is 21.0. The summed E-state index contributed by atoms with van der Waals surface area (Å²) in [6, 6.07) is 18.4. The number of halogens is 1. The number of hydrogen-bond acceptors (Lipinski definition) is 5. The molecule has 0 aliphatic carbocycles. The van der Waals surface area contributed by atoms with Crippen LogP contribution >= 0.6 is 11.6 Å². The van der Waals surface area contributed by atoms with Gasteiger partial charge in [0.05, 0.1) is 20.3 Å². The molecule has 8 heteroatoms. The van der Waals surface area contributed by atoms with Crippen LogP contribution in [0.4, 0.5) is 0 Å². The van der Waals surface area contributed by atoms with E-state index in [9.17, 15) is 9.90 Å². The second-order valence-electron chi connectivity index (χ2n) is 8.76. The van der Waals surface area contributed by atoms with Crippen molar-refractivity contribution in [3.63, 3.8) is 0 Å². The van der Waals surface area contributed by atoms with Crippen LogP contribution in [0, 0.1) is 6.92 Å². The molecule has 1 aliphatic heterocycles. The predicted molar refractivity (Wildman–Crippen MR) is 138 cm³/mol. The molecule has 0 spiro atoms. The first-order chi connectivity index (χ1) is 17.4. The number of phenols is 1. The van der Waals surface area contributed by atoms with E-state index in [0.29, 0.717) is 46.3 Å². The number of rotatable bonds is 7. The fourth-order valence-corrected chi connectivity index (χ4v) is 4.85. The number of aromatic hydroxyl groups is 1. The fourth-order valence-electron chi connectivity index (χ4n) is 4.69. The normalized spacial score (nSPS) is 14.7. The summed E-state index contributed by atoms with van der Waals surface area (Å²) in [5, 5.41) is 18.6. The molecule has 4 aromatic rings. The minimum atomic E-state index is -0.422. The second kappa shape index (κ2) is 9.59. The van der Waals surface area contributed by atoms with E-state index in [1.54, 1.807) is 26.4 Å². The zero-order valence-electron chi connectivity index (χ0n) is 20.2. The highest BCUT2D eigenvalue weighted by molar-refractivity contribution is 6.31. The number of nitrogens with zero attached hydrogens (tertiary/aromatic N) is 2. The molecule has 0 saturated carbocycles. The highest BCUT2D eigenvalue weighted by Crippen LogP contribution is 2.45. The van der Waals surface area contributed by atoms with Crippen molar-refractivity contribution >= 4 is 17.5 Å². The standard InChI is InChI=1S/C28H26ClN3O4/c1-16-13-23(33)21(15-22(16)29)25-24-26(31-30-25)28(34)32(12-11-17-7-9-19(35-2)10-8-17)27(24)18-5-4-6-20(14-18)36-3/h4-10,13-15,27,33H,11-12H2,1-3H3,(H,30,31). The third kappa shape index (κ3) is 4.16. The molecule has 184 valence electrons. The van der Waals surface area contributed by atoms with Crippen LogP contribution in [0.3, 0.4) is 0 Å². The van der Waals surface area contributed by atoms with Gasteiger partial charge < -0.3 is 19.5 Å². The first-order valence-electron chi connectivity index (χ1n) is 11.6. The number of hydrogen-bond donors (Lipinski definition) is 2. The molecule has 1 aliphatic rings. The van der Waals surface area contributed by atoms with Gasteiger partial charge in [-0.3, -0.25) is 9.89 Å². The molecule has 5 rings (SSSR count). The fraction of sp³-hybridized carbons (Fsp3) is 0.214. The number of carbonyl (C=O) groups excluding carboxylic acids is 1. The van der Waals surface area contributed by atoms with Crippen LogP contribution in [0.5, 0.6) is 17.2 Å². The van der Waals surface area contributed by atoms with Crippen LogP contribution in [0.2, 0.25) is 5.02 Å². The average Bonchev–Trinajstić information content (AvgIpc) is 3.43. The van der Waals surface area contributed by atoms with E-state index in [-0.39, 0.29) is 11.7 Å². The van der Waals surface area contributed by atoms with Gasteiger partial charge in [-0.25, -0.2) is 0 Å². The number of benzene rings is 3. The van der Waals surface area contributed by atoms with Crippen molar-refractivity contribution in [1.82, 2.24) is 15.1 Å². The molecular formula is C28H26ClN3O4. The van der Waals surface area contributed by atoms with E-state index in [2.05, 4.69) is 10.2 Å². The summed E-state index contributed by atoms with van der Waals surface area (Å²) >= 11 is 6.39. The van der Waals surface area contributed by atoms with Crippen molar-refractivity contribution < 1.29 is 19.4 Å². The number of fused-ring (bicyclic) bond motifs is 1. The van der Waals surface area contributed by atoms with Gasteiger partial charge in [0, 0.05) is 22.7 Å². The van der Waals surface area contributed by atoms with Gasteiger partial charge in [0.1, 0.15) is 28.6 Å². The van der Waals surface area contributed by atoms with E-state index < -0.39 is 6.04 Å². The first-order valence-corrected chi connectivity index (χ1v) is 11.9. The zero-order chi connectivity index (χ0) is 25.4. The van der Waals surface area contributed by atoms with Crippen LogP contribution < -0.4 is 9.47 Å². The number of carbonyl (C=O) groups is 1. The van der Waals surface area contributed by atoms with Crippen molar-refractivity contribution in [2.24, 2.45) is 0 Å². The maximum absolute atomic E-state index is 13.6. The lowest BCUT2D eigenvalue weighted by Gasteiger charge is -2.27. The SMILES string of the molecule is COc1ccc(CCN2C(=O)c3[nH]nc(-c4cc(Cl)c(C)cc4O)c3C2c2cccc(OC)c2)cc1. The van der Waals surface area contributed by atoms with Crippen LogP contribution in [-0.4, -0.2) is 46.9 Å². The van der Waals surface area contributed by atoms with Gasteiger partial charge in [-0.1, -0.05) is 35.9 Å². The highest BCUT2D eigenvalue weighted by atomic mass is 35.5. The summed E-state index contributed by atoms with van der Waals surface area (Å²) < 4.78 is 10.7. The van der Waals surface area contributed by atoms with Crippen molar-refractivity contribution in [2.45, 2.75) is 19.4 Å². The van der Waals surface area contributed by atoms with Gasteiger partial charge in [0.15, 0.2) is 0 Å². The summed E-state index contributed by atoms with van der Waals surface area (Å²) in [5.41, 5.74) is 4.81. The summed E-state index contributed by atoms with van der Waals surface area (Å²) in [4.78, 5) is 15.5. The minimum Gasteiger partial charge on any atom is -0.507 e. The van der Waals surface area contributed by atoms with Gasteiger partial charge in [-0.2, -0.15) is 5.10 Å². The molecule has 2 N–H and O–H groups in total. The van der Waals surface area contributed by atoms with Crippen molar-refractivity contribution in [2.75, 3.05) is 20.8 Å². The van der Waals surface area contributed by atoms with E-state index in [1.807, 2.05) is 60.4 Å². The number of H-pyrrole nitrogens is 1. The van der Waals surface area contributed by atoms with Crippen molar-refractivity contribution in [3.05, 3.63) is 93.6 Å². The average molecular weight is 504 g/mol. The number of nitrogens with one attached hydrogen (secondary N) is 1. The minimum absolute atomic E-state index is 0.0553. The summed E-state index contributed by atoms with van der Waals surface area (Å²) in [7, 11) is 3.25. The lowest BCUT2D eigenvalue weighted by atomic mass is 9.95. The van der Waals surface area contributed by atoms with Crippen molar-refractivity contribution in [3.8, 4) is 28.5 Å². The molecule has 0 saturated heterocycles. The Labute approximate surface area is 214 Å². The molecule has 36 heavy (non-hydrogen) atoms. The summed E-state index contributed by atoms with van der Waals surface area (Å²) in [6.45, 7) is 2.31. The molecule has 1 amide bonds. The Balaban J connectivity index is 1.58. The van der Waals surface area contributed by atoms with Crippen LogP contribution in [-0.2, 0) is 6.42 Å². The van der Waals surface area contributed by atoms with Crippen LogP contribution in [0.1, 0.15) is 38.8 Å². The van der Waals surface area contributed by atoms with Crippen LogP contribution in [0.15, 0.2) is 60.7 Å². The Morgan fingerprint density at radius 2 is 1.81 bits per heavy atom. The van der Waals surface area contributed by atoms with Gasteiger partial charge >= 0.3 is 0 Å². The number of aromatic amines is 1. The van der Waals surface area contributed by atoms with Gasteiger partial charge in [-0.05, 0) is 66.4 Å². The first kappa shape index (κ1) is 23.8. The van der Waals surface area contributed by atoms with Gasteiger partial charge in [0.2, 0.25) is 0 Å². The van der Waals surface area contributed by atoms with Gasteiger partial charge in [-0.15, -0.1) is 0 Å². The Kier molecular flexibility index (Phi) is 6.33. The molecule has 1 atom stereocenters. The lowest BCUT2D eigenvalue weighted by molar-refractivity contribution is 0.0745. The largest absolute Gasteiger partial charge is 0.507 e. The maximum Gasteiger partial charge on any atom is 0.273 e. The molecule has 1 unspecified atom stereocenters. The topological polar surface area (TPSA) is 87.7 Å². The molecule has 0 fully saturated rings. The number of aromatic nitrogens is 2. The molecule has 0 radical (unpaired) electrons. The Hall–Kier alpha value is -3.97.